The summed E-state index contributed by atoms with van der Waals surface area (Å²) in [6.07, 6.45) is 0. The summed E-state index contributed by atoms with van der Waals surface area (Å²) in [6.45, 7) is 3.14. The average molecular weight is 473 g/mol. The number of carbonyl (C=O) groups is 1. The van der Waals surface area contributed by atoms with Gasteiger partial charge in [0, 0.05) is 60.2 Å². The second-order valence-corrected chi connectivity index (χ2v) is 9.49. The number of nitrogens with one attached hydrogen (secondary N) is 2. The van der Waals surface area contributed by atoms with Crippen LogP contribution in [0.4, 0.5) is 17.1 Å². The number of hydrogen-bond acceptors (Lipinski definition) is 6. The van der Waals surface area contributed by atoms with Gasteiger partial charge in [0.2, 0.25) is 0 Å². The smallest absolute Gasteiger partial charge is 0.270 e. The lowest BCUT2D eigenvalue weighted by molar-refractivity contribution is -0.384. The van der Waals surface area contributed by atoms with Crippen LogP contribution in [0.5, 0.6) is 0 Å². The van der Waals surface area contributed by atoms with Crippen LogP contribution >= 0.6 is 11.8 Å². The van der Waals surface area contributed by atoms with Gasteiger partial charge in [-0.1, -0.05) is 42.5 Å². The number of rotatable bonds is 6. The lowest BCUT2D eigenvalue weighted by Gasteiger charge is -2.26. The first-order valence-corrected chi connectivity index (χ1v) is 12.3. The van der Waals surface area contributed by atoms with Crippen molar-refractivity contribution < 1.29 is 9.72 Å². The summed E-state index contributed by atoms with van der Waals surface area (Å²) in [5, 5.41) is 17.6. The Balaban J connectivity index is 1.50. The van der Waals surface area contributed by atoms with E-state index in [1.165, 1.54) is 29.2 Å². The molecular weight excluding hydrogens is 448 g/mol. The summed E-state index contributed by atoms with van der Waals surface area (Å²) in [4.78, 5) is 26.4. The predicted octanol–water partition coefficient (Wildman–Crippen LogP) is 5.08. The number of non-ortho nitro benzene ring substituents is 1. The molecule has 0 unspecified atom stereocenters. The topological polar surface area (TPSA) is 87.5 Å². The number of nitrogens with zero attached hydrogens (tertiary/aromatic N) is 2. The third-order valence-corrected chi connectivity index (χ3v) is 6.95. The van der Waals surface area contributed by atoms with Crippen LogP contribution in [0.3, 0.4) is 0 Å². The lowest BCUT2D eigenvalue weighted by Crippen LogP contribution is -2.31. The van der Waals surface area contributed by atoms with Crippen LogP contribution in [0.25, 0.3) is 11.3 Å². The third kappa shape index (κ3) is 4.69. The molecule has 8 heteroatoms. The van der Waals surface area contributed by atoms with Crippen molar-refractivity contribution in [1.29, 1.82) is 0 Å². The molecule has 1 saturated heterocycles. The van der Waals surface area contributed by atoms with Gasteiger partial charge >= 0.3 is 0 Å². The number of nitro benzene ring substituents is 1. The Morgan fingerprint density at radius 1 is 1.03 bits per heavy atom. The minimum absolute atomic E-state index is 0.0550. The number of fused-ring (bicyclic) bond motifs is 1. The molecule has 0 bridgehead atoms. The zero-order valence-corrected chi connectivity index (χ0v) is 19.3. The number of nitro groups is 1. The van der Waals surface area contributed by atoms with Gasteiger partial charge in [-0.25, -0.2) is 0 Å². The normalized spacial score (nSPS) is 17.1. The van der Waals surface area contributed by atoms with Crippen molar-refractivity contribution >= 4 is 46.0 Å². The Bertz CT molecular complexity index is 1250. The number of hydrogen-bond donors (Lipinski definition) is 2. The van der Waals surface area contributed by atoms with E-state index in [9.17, 15) is 14.9 Å². The summed E-state index contributed by atoms with van der Waals surface area (Å²) in [5.74, 6) is 2.06. The van der Waals surface area contributed by atoms with Crippen molar-refractivity contribution in [3.8, 4) is 0 Å². The highest BCUT2D eigenvalue weighted by Gasteiger charge is 2.30. The minimum atomic E-state index is -0.448. The molecule has 34 heavy (non-hydrogen) atoms. The minimum Gasteiger partial charge on any atom is -0.354 e. The molecule has 2 aliphatic rings. The third-order valence-electron chi connectivity index (χ3n) is 6.00. The summed E-state index contributed by atoms with van der Waals surface area (Å²) in [5.41, 5.74) is 4.93. The largest absolute Gasteiger partial charge is 0.354 e. The lowest BCUT2D eigenvalue weighted by atomic mass is 9.99. The molecule has 0 radical (unpaired) electrons. The van der Waals surface area contributed by atoms with Crippen molar-refractivity contribution in [1.82, 2.24) is 4.90 Å². The van der Waals surface area contributed by atoms with Crippen LogP contribution in [-0.2, 0) is 11.3 Å². The molecule has 1 amide bonds. The van der Waals surface area contributed by atoms with Crippen molar-refractivity contribution in [2.45, 2.75) is 6.54 Å². The van der Waals surface area contributed by atoms with Crippen molar-refractivity contribution in [2.24, 2.45) is 0 Å². The molecule has 2 aliphatic heterocycles. The van der Waals surface area contributed by atoms with Gasteiger partial charge in [0.1, 0.15) is 0 Å². The number of thioether (sulfide) groups is 1. The van der Waals surface area contributed by atoms with E-state index in [0.29, 0.717) is 22.5 Å². The molecule has 172 valence electrons. The molecule has 0 aliphatic carbocycles. The summed E-state index contributed by atoms with van der Waals surface area (Å²) in [6, 6.07) is 22.2. The fourth-order valence-electron chi connectivity index (χ4n) is 4.26. The predicted molar refractivity (Wildman–Crippen MR) is 138 cm³/mol. The van der Waals surface area contributed by atoms with Crippen LogP contribution in [0, 0.1) is 10.1 Å². The number of carbonyl (C=O) groups excluding carboxylic acids is 1. The van der Waals surface area contributed by atoms with Crippen molar-refractivity contribution in [3.63, 3.8) is 0 Å². The van der Waals surface area contributed by atoms with Gasteiger partial charge < -0.3 is 10.6 Å². The number of amides is 1. The van der Waals surface area contributed by atoms with Crippen molar-refractivity contribution in [2.75, 3.05) is 35.2 Å². The second kappa shape index (κ2) is 9.70. The van der Waals surface area contributed by atoms with Gasteiger partial charge in [-0.3, -0.25) is 19.8 Å². The zero-order valence-electron chi connectivity index (χ0n) is 18.5. The van der Waals surface area contributed by atoms with Gasteiger partial charge in [0.15, 0.2) is 0 Å². The van der Waals surface area contributed by atoms with Gasteiger partial charge in [0.25, 0.3) is 11.6 Å². The van der Waals surface area contributed by atoms with Crippen LogP contribution in [0.1, 0.15) is 16.7 Å². The Hall–Kier alpha value is -3.62. The zero-order chi connectivity index (χ0) is 23.5. The standard InChI is InChI=1S/C26H24N4O3S/c31-26-24(22-16-21(30(32)33)10-11-23(22)28-26)25(19-4-2-1-3-5-19)27-20-8-6-18(7-9-20)17-29-12-14-34-15-13-29/h1-11,16,27H,12-15,17H2,(H,28,31). The van der Waals surface area contributed by atoms with Gasteiger partial charge in [-0.15, -0.1) is 0 Å². The highest BCUT2D eigenvalue weighted by atomic mass is 32.2. The molecule has 3 aromatic rings. The maximum absolute atomic E-state index is 13.0. The number of anilines is 2. The van der Waals surface area contributed by atoms with Crippen LogP contribution in [0.15, 0.2) is 72.8 Å². The molecule has 0 saturated carbocycles. The molecule has 5 rings (SSSR count). The van der Waals surface area contributed by atoms with Gasteiger partial charge in [-0.05, 0) is 29.3 Å². The number of benzene rings is 3. The Kier molecular flexibility index (Phi) is 6.33. The maximum Gasteiger partial charge on any atom is 0.270 e. The van der Waals surface area contributed by atoms with Crippen molar-refractivity contribution in [3.05, 3.63) is 99.6 Å². The molecule has 7 nitrogen and oxygen atoms in total. The maximum atomic E-state index is 13.0. The summed E-state index contributed by atoms with van der Waals surface area (Å²) >= 11 is 2.00. The highest BCUT2D eigenvalue weighted by Crippen LogP contribution is 2.39. The summed E-state index contributed by atoms with van der Waals surface area (Å²) < 4.78 is 0. The monoisotopic (exact) mass is 472 g/mol. The second-order valence-electron chi connectivity index (χ2n) is 8.27. The first-order chi connectivity index (χ1) is 16.6. The Morgan fingerprint density at radius 2 is 1.76 bits per heavy atom. The molecule has 2 heterocycles. The van der Waals surface area contributed by atoms with E-state index in [1.54, 1.807) is 6.07 Å². The SMILES string of the molecule is O=C1Nc2ccc([N+](=O)[O-])cc2C1=C(Nc1ccc(CN2CCSCC2)cc1)c1ccccc1. The molecular formula is C26H24N4O3S. The molecule has 3 aromatic carbocycles. The van der Waals surface area contributed by atoms with E-state index in [1.807, 2.05) is 54.2 Å². The van der Waals surface area contributed by atoms with Crippen LogP contribution in [0.2, 0.25) is 0 Å². The van der Waals surface area contributed by atoms with Crippen LogP contribution in [-0.4, -0.2) is 40.3 Å². The van der Waals surface area contributed by atoms with E-state index in [4.69, 9.17) is 0 Å². The van der Waals surface area contributed by atoms with E-state index >= 15 is 0 Å². The van der Waals surface area contributed by atoms with Crippen LogP contribution < -0.4 is 10.6 Å². The molecule has 1 fully saturated rings. The van der Waals surface area contributed by atoms with E-state index < -0.39 is 4.92 Å². The molecule has 0 aromatic heterocycles. The molecule has 2 N–H and O–H groups in total. The molecule has 0 spiro atoms. The fourth-order valence-corrected chi connectivity index (χ4v) is 5.23. The first-order valence-electron chi connectivity index (χ1n) is 11.1. The molecule has 0 atom stereocenters. The van der Waals surface area contributed by atoms with Gasteiger partial charge in [-0.2, -0.15) is 11.8 Å². The Labute approximate surface area is 202 Å². The van der Waals surface area contributed by atoms with E-state index in [2.05, 4.69) is 27.7 Å². The highest BCUT2D eigenvalue weighted by molar-refractivity contribution is 7.99. The van der Waals surface area contributed by atoms with E-state index in [-0.39, 0.29) is 11.6 Å². The first kappa shape index (κ1) is 22.2. The van der Waals surface area contributed by atoms with E-state index in [0.717, 1.165) is 30.9 Å². The summed E-state index contributed by atoms with van der Waals surface area (Å²) in [7, 11) is 0. The average Bonchev–Trinajstić information content (AvgIpc) is 3.19. The Morgan fingerprint density at radius 3 is 2.47 bits per heavy atom. The van der Waals surface area contributed by atoms with Gasteiger partial charge in [0.05, 0.1) is 16.2 Å². The fraction of sp³-hybridized carbons (Fsp3) is 0.192. The quantitative estimate of drug-likeness (QED) is 0.296.